The molecule has 0 bridgehead atoms. The Morgan fingerprint density at radius 3 is 2.76 bits per heavy atom. The molecular weight excluding hydrogens is 338 g/mol. The molecule has 3 rings (SSSR count). The molecule has 0 aliphatic carbocycles. The summed E-state index contributed by atoms with van der Waals surface area (Å²) in [4.78, 5) is 12.1. The third-order valence-corrected chi connectivity index (χ3v) is 4.03. The molecule has 0 radical (unpaired) electrons. The van der Waals surface area contributed by atoms with Crippen molar-refractivity contribution >= 4 is 23.3 Å². The molecule has 0 saturated carbocycles. The Morgan fingerprint density at radius 2 is 2.04 bits per heavy atom. The van der Waals surface area contributed by atoms with Gasteiger partial charge >= 0.3 is 0 Å². The van der Waals surface area contributed by atoms with Crippen LogP contribution >= 0.6 is 11.6 Å². The van der Waals surface area contributed by atoms with E-state index in [9.17, 15) is 4.79 Å². The van der Waals surface area contributed by atoms with Gasteiger partial charge in [-0.2, -0.15) is 10.2 Å². The third kappa shape index (κ3) is 4.70. The minimum atomic E-state index is -0.0828. The quantitative estimate of drug-likeness (QED) is 0.735. The van der Waals surface area contributed by atoms with E-state index in [4.69, 9.17) is 11.6 Å². The molecule has 25 heavy (non-hydrogen) atoms. The van der Waals surface area contributed by atoms with Crippen LogP contribution in [0.15, 0.2) is 42.6 Å². The topological polar surface area (TPSA) is 64.7 Å². The minimum absolute atomic E-state index is 0.0828. The van der Waals surface area contributed by atoms with Crippen molar-refractivity contribution < 1.29 is 4.79 Å². The lowest BCUT2D eigenvalue weighted by atomic mass is 10.2. The van der Waals surface area contributed by atoms with Gasteiger partial charge in [0, 0.05) is 35.9 Å². The summed E-state index contributed by atoms with van der Waals surface area (Å²) >= 11 is 5.99. The van der Waals surface area contributed by atoms with Gasteiger partial charge in [0.1, 0.15) is 0 Å². The predicted molar refractivity (Wildman–Crippen MR) is 97.7 cm³/mol. The van der Waals surface area contributed by atoms with Crippen LogP contribution in [0.5, 0.6) is 0 Å². The van der Waals surface area contributed by atoms with Crippen LogP contribution in [0.3, 0.4) is 0 Å². The second-order valence-corrected chi connectivity index (χ2v) is 6.41. The zero-order valence-corrected chi connectivity index (χ0v) is 15.0. The first-order valence-electron chi connectivity index (χ1n) is 8.08. The number of aromatic nitrogens is 4. The highest BCUT2D eigenvalue weighted by Crippen LogP contribution is 2.13. The molecule has 7 heteroatoms. The highest BCUT2D eigenvalue weighted by Gasteiger charge is 2.08. The van der Waals surface area contributed by atoms with Crippen LogP contribution in [0.25, 0.3) is 0 Å². The van der Waals surface area contributed by atoms with Gasteiger partial charge in [-0.3, -0.25) is 14.2 Å². The van der Waals surface area contributed by atoms with Gasteiger partial charge in [0.05, 0.1) is 12.2 Å². The molecular formula is C18H20ClN5O. The smallest absolute Gasteiger partial charge is 0.227 e. The van der Waals surface area contributed by atoms with Crippen molar-refractivity contribution in [2.24, 2.45) is 0 Å². The number of hydrogen-bond acceptors (Lipinski definition) is 3. The van der Waals surface area contributed by atoms with Crippen molar-refractivity contribution in [3.63, 3.8) is 0 Å². The first-order chi connectivity index (χ1) is 12.0. The Labute approximate surface area is 151 Å². The van der Waals surface area contributed by atoms with Crippen LogP contribution < -0.4 is 5.32 Å². The molecule has 0 aliphatic heterocycles. The number of halogens is 1. The Kier molecular flexibility index (Phi) is 5.19. The highest BCUT2D eigenvalue weighted by atomic mass is 35.5. The van der Waals surface area contributed by atoms with Gasteiger partial charge in [-0.15, -0.1) is 0 Å². The molecule has 1 aromatic carbocycles. The van der Waals surface area contributed by atoms with Crippen LogP contribution in [-0.4, -0.2) is 25.5 Å². The van der Waals surface area contributed by atoms with E-state index in [1.54, 1.807) is 10.7 Å². The van der Waals surface area contributed by atoms with Gasteiger partial charge in [0.25, 0.3) is 0 Å². The van der Waals surface area contributed by atoms with Gasteiger partial charge < -0.3 is 5.32 Å². The van der Waals surface area contributed by atoms with Gasteiger partial charge in [-0.25, -0.2) is 0 Å². The van der Waals surface area contributed by atoms with Gasteiger partial charge in [0.15, 0.2) is 5.82 Å². The van der Waals surface area contributed by atoms with E-state index in [-0.39, 0.29) is 5.91 Å². The third-order valence-electron chi connectivity index (χ3n) is 3.80. The van der Waals surface area contributed by atoms with Crippen molar-refractivity contribution in [2.45, 2.75) is 33.4 Å². The molecule has 1 N–H and O–H groups in total. The number of nitrogens with zero attached hydrogens (tertiary/aromatic N) is 4. The fourth-order valence-corrected chi connectivity index (χ4v) is 2.87. The van der Waals surface area contributed by atoms with E-state index in [2.05, 4.69) is 15.5 Å². The highest BCUT2D eigenvalue weighted by molar-refractivity contribution is 6.30. The van der Waals surface area contributed by atoms with Gasteiger partial charge in [0.2, 0.25) is 5.91 Å². The van der Waals surface area contributed by atoms with E-state index >= 15 is 0 Å². The fourth-order valence-electron chi connectivity index (χ4n) is 2.65. The average molecular weight is 358 g/mol. The van der Waals surface area contributed by atoms with Crippen LogP contribution in [0, 0.1) is 13.8 Å². The summed E-state index contributed by atoms with van der Waals surface area (Å²) in [6, 6.07) is 11.4. The molecule has 0 unspecified atom stereocenters. The number of aryl methyl sites for hydroxylation is 3. The van der Waals surface area contributed by atoms with Crippen molar-refractivity contribution in [1.29, 1.82) is 0 Å². The lowest BCUT2D eigenvalue weighted by molar-refractivity contribution is -0.116. The summed E-state index contributed by atoms with van der Waals surface area (Å²) in [5.74, 6) is 0.459. The summed E-state index contributed by atoms with van der Waals surface area (Å²) in [5.41, 5.74) is 3.06. The van der Waals surface area contributed by atoms with Crippen LogP contribution in [-0.2, 0) is 17.9 Å². The molecule has 130 valence electrons. The zero-order chi connectivity index (χ0) is 17.8. The SMILES string of the molecule is Cc1cc(C)n(CCC(=O)Nc2ccn(Cc3cccc(Cl)c3)n2)n1. The number of rotatable bonds is 6. The molecule has 0 saturated heterocycles. The van der Waals surface area contributed by atoms with Crippen molar-refractivity contribution in [1.82, 2.24) is 19.6 Å². The van der Waals surface area contributed by atoms with Crippen molar-refractivity contribution in [3.8, 4) is 0 Å². The van der Waals surface area contributed by atoms with Crippen LogP contribution in [0.4, 0.5) is 5.82 Å². The molecule has 0 atom stereocenters. The Bertz CT molecular complexity index is 883. The summed E-state index contributed by atoms with van der Waals surface area (Å²) in [5, 5.41) is 12.2. The monoisotopic (exact) mass is 357 g/mol. The first kappa shape index (κ1) is 17.2. The van der Waals surface area contributed by atoms with E-state index in [1.807, 2.05) is 55.1 Å². The first-order valence-corrected chi connectivity index (χ1v) is 8.46. The van der Waals surface area contributed by atoms with Gasteiger partial charge in [-0.05, 0) is 37.6 Å². The number of benzene rings is 1. The second-order valence-electron chi connectivity index (χ2n) is 5.98. The average Bonchev–Trinajstić information content (AvgIpc) is 3.11. The van der Waals surface area contributed by atoms with E-state index in [1.165, 1.54) is 0 Å². The molecule has 0 spiro atoms. The summed E-state index contributed by atoms with van der Waals surface area (Å²) in [7, 11) is 0. The number of hydrogen-bond donors (Lipinski definition) is 1. The lowest BCUT2D eigenvalue weighted by Gasteiger charge is -2.05. The predicted octanol–water partition coefficient (Wildman–Crippen LogP) is 3.43. The largest absolute Gasteiger partial charge is 0.309 e. The molecule has 0 aliphatic rings. The van der Waals surface area contributed by atoms with Crippen molar-refractivity contribution in [2.75, 3.05) is 5.32 Å². The second kappa shape index (κ2) is 7.53. The van der Waals surface area contributed by atoms with E-state index in [0.29, 0.717) is 30.4 Å². The maximum absolute atomic E-state index is 12.1. The number of carbonyl (C=O) groups is 1. The number of carbonyl (C=O) groups excluding carboxylic acids is 1. The van der Waals surface area contributed by atoms with Crippen LogP contribution in [0.1, 0.15) is 23.4 Å². The number of amides is 1. The Hall–Kier alpha value is -2.60. The molecule has 6 nitrogen and oxygen atoms in total. The number of nitrogens with one attached hydrogen (secondary N) is 1. The molecule has 2 heterocycles. The Balaban J connectivity index is 1.54. The fraction of sp³-hybridized carbons (Fsp3) is 0.278. The summed E-state index contributed by atoms with van der Waals surface area (Å²) in [6.07, 6.45) is 2.18. The normalized spacial score (nSPS) is 10.8. The summed E-state index contributed by atoms with van der Waals surface area (Å²) < 4.78 is 3.61. The van der Waals surface area contributed by atoms with E-state index in [0.717, 1.165) is 17.0 Å². The van der Waals surface area contributed by atoms with E-state index < -0.39 is 0 Å². The molecule has 2 aromatic heterocycles. The van der Waals surface area contributed by atoms with Crippen molar-refractivity contribution in [3.05, 3.63) is 64.6 Å². The lowest BCUT2D eigenvalue weighted by Crippen LogP contribution is -2.16. The van der Waals surface area contributed by atoms with Crippen LogP contribution in [0.2, 0.25) is 5.02 Å². The molecule has 1 amide bonds. The maximum Gasteiger partial charge on any atom is 0.227 e. The zero-order valence-electron chi connectivity index (χ0n) is 14.2. The summed E-state index contributed by atoms with van der Waals surface area (Å²) in [6.45, 7) is 5.07. The Morgan fingerprint density at radius 1 is 1.20 bits per heavy atom. The maximum atomic E-state index is 12.1. The molecule has 0 fully saturated rings. The minimum Gasteiger partial charge on any atom is -0.309 e. The standard InChI is InChI=1S/C18H20ClN5O/c1-13-10-14(2)24(21-13)9-7-18(25)20-17-6-8-23(22-17)12-15-4-3-5-16(19)11-15/h3-6,8,10-11H,7,9,12H2,1-2H3,(H,20,22,25). The molecule has 3 aromatic rings. The van der Waals surface area contributed by atoms with Gasteiger partial charge in [-0.1, -0.05) is 23.7 Å². The number of anilines is 1.